The number of nitrogens with two attached hydrogens (primary N) is 1. The Hall–Kier alpha value is -0.480. The molecule has 0 fully saturated rings. The van der Waals surface area contributed by atoms with Crippen LogP contribution in [-0.2, 0) is 13.0 Å². The molecule has 1 heterocycles. The summed E-state index contributed by atoms with van der Waals surface area (Å²) in [5.74, 6) is 3.35. The molecule has 1 atom stereocenters. The van der Waals surface area contributed by atoms with Gasteiger partial charge in [-0.1, -0.05) is 6.92 Å². The summed E-state index contributed by atoms with van der Waals surface area (Å²) in [6.07, 6.45) is 5.98. The van der Waals surface area contributed by atoms with Crippen LogP contribution < -0.4 is 5.73 Å². The second-order valence-corrected chi connectivity index (χ2v) is 4.82. The molecule has 0 aromatic carbocycles. The minimum absolute atomic E-state index is 0.231. The summed E-state index contributed by atoms with van der Waals surface area (Å²) >= 11 is 1.93. The number of hydrogen-bond donors (Lipinski definition) is 1. The lowest BCUT2D eigenvalue weighted by Crippen LogP contribution is -2.27. The zero-order valence-corrected chi connectivity index (χ0v) is 10.5. The molecule has 0 saturated carbocycles. The first-order valence-corrected chi connectivity index (χ1v) is 6.76. The van der Waals surface area contributed by atoms with E-state index in [0.29, 0.717) is 0 Å². The first-order chi connectivity index (χ1) is 7.27. The summed E-state index contributed by atoms with van der Waals surface area (Å²) in [6, 6.07) is 0.231. The van der Waals surface area contributed by atoms with Gasteiger partial charge in [-0.15, -0.1) is 0 Å². The van der Waals surface area contributed by atoms with Crippen molar-refractivity contribution in [3.63, 3.8) is 0 Å². The Kier molecular flexibility index (Phi) is 5.79. The molecule has 0 amide bonds. The molecule has 1 aromatic rings. The smallest absolute Gasteiger partial charge is 0.110 e. The normalized spacial score (nSPS) is 13.0. The molecule has 0 radical (unpaired) electrons. The van der Waals surface area contributed by atoms with E-state index in [1.165, 1.54) is 12.2 Å². The van der Waals surface area contributed by atoms with Crippen LogP contribution in [0.3, 0.4) is 0 Å². The van der Waals surface area contributed by atoms with Gasteiger partial charge in [0, 0.05) is 37.2 Å². The Morgan fingerprint density at radius 2 is 2.33 bits per heavy atom. The van der Waals surface area contributed by atoms with E-state index in [4.69, 9.17) is 5.73 Å². The van der Waals surface area contributed by atoms with E-state index in [1.807, 2.05) is 24.2 Å². The van der Waals surface area contributed by atoms with E-state index in [9.17, 15) is 0 Å². The molecule has 0 bridgehead atoms. The quantitative estimate of drug-likeness (QED) is 0.724. The van der Waals surface area contributed by atoms with E-state index in [1.54, 1.807) is 0 Å². The average Bonchev–Trinajstić information content (AvgIpc) is 2.65. The highest BCUT2D eigenvalue weighted by Gasteiger charge is 2.08. The van der Waals surface area contributed by atoms with Crippen LogP contribution in [0.4, 0.5) is 0 Å². The third-order valence-electron chi connectivity index (χ3n) is 2.27. The van der Waals surface area contributed by atoms with Gasteiger partial charge in [0.2, 0.25) is 0 Å². The monoisotopic (exact) mass is 227 g/mol. The maximum Gasteiger partial charge on any atom is 0.110 e. The van der Waals surface area contributed by atoms with Crippen LogP contribution in [0, 0.1) is 0 Å². The highest BCUT2D eigenvalue weighted by atomic mass is 32.2. The summed E-state index contributed by atoms with van der Waals surface area (Å²) in [7, 11) is 0. The summed E-state index contributed by atoms with van der Waals surface area (Å²) in [5, 5.41) is 0. The molecule has 2 N–H and O–H groups in total. The molecule has 86 valence electrons. The third kappa shape index (κ3) is 4.26. The Balaban J connectivity index is 2.33. The molecule has 1 unspecified atom stereocenters. The van der Waals surface area contributed by atoms with E-state index < -0.39 is 0 Å². The van der Waals surface area contributed by atoms with Crippen LogP contribution in [0.1, 0.15) is 26.1 Å². The predicted molar refractivity (Wildman–Crippen MR) is 67.2 cm³/mol. The molecule has 0 aliphatic carbocycles. The van der Waals surface area contributed by atoms with Crippen molar-refractivity contribution >= 4 is 11.8 Å². The number of rotatable bonds is 7. The van der Waals surface area contributed by atoms with Gasteiger partial charge in [-0.2, -0.15) is 11.8 Å². The summed E-state index contributed by atoms with van der Waals surface area (Å²) in [5.41, 5.74) is 6.06. The largest absolute Gasteiger partial charge is 0.335 e. The lowest BCUT2D eigenvalue weighted by atomic mass is 10.2. The van der Waals surface area contributed by atoms with E-state index in [0.717, 1.165) is 24.5 Å². The van der Waals surface area contributed by atoms with Gasteiger partial charge in [-0.25, -0.2) is 4.98 Å². The molecule has 0 saturated heterocycles. The maximum absolute atomic E-state index is 6.06. The maximum atomic E-state index is 6.06. The standard InChI is InChI=1S/C11H21N3S/c1-3-7-15-9-10(12)8-11-13-5-6-14(11)4-2/h5-6,10H,3-4,7-9,12H2,1-2H3. The fourth-order valence-electron chi connectivity index (χ4n) is 1.49. The van der Waals surface area contributed by atoms with Gasteiger partial charge in [-0.05, 0) is 19.1 Å². The molecule has 15 heavy (non-hydrogen) atoms. The van der Waals surface area contributed by atoms with Crippen LogP contribution in [0.15, 0.2) is 12.4 Å². The van der Waals surface area contributed by atoms with Crippen molar-refractivity contribution in [3.05, 3.63) is 18.2 Å². The predicted octanol–water partition coefficient (Wildman–Crippen LogP) is 1.92. The van der Waals surface area contributed by atoms with Crippen LogP contribution in [-0.4, -0.2) is 27.1 Å². The molecule has 1 aromatic heterocycles. The van der Waals surface area contributed by atoms with Crippen molar-refractivity contribution in [2.45, 2.75) is 39.3 Å². The zero-order valence-electron chi connectivity index (χ0n) is 9.65. The topological polar surface area (TPSA) is 43.8 Å². The zero-order chi connectivity index (χ0) is 11.1. The van der Waals surface area contributed by atoms with Crippen molar-refractivity contribution in [2.24, 2.45) is 5.73 Å². The average molecular weight is 227 g/mol. The van der Waals surface area contributed by atoms with Gasteiger partial charge in [0.25, 0.3) is 0 Å². The second kappa shape index (κ2) is 6.90. The van der Waals surface area contributed by atoms with E-state index in [-0.39, 0.29) is 6.04 Å². The summed E-state index contributed by atoms with van der Waals surface area (Å²) < 4.78 is 2.16. The highest BCUT2D eigenvalue weighted by molar-refractivity contribution is 7.99. The summed E-state index contributed by atoms with van der Waals surface area (Å²) in [4.78, 5) is 4.33. The molecule has 0 spiro atoms. The minimum atomic E-state index is 0.231. The number of hydrogen-bond acceptors (Lipinski definition) is 3. The SMILES string of the molecule is CCCSCC(N)Cc1nccn1CC. The van der Waals surface area contributed by atoms with Crippen LogP contribution in [0.2, 0.25) is 0 Å². The first-order valence-electron chi connectivity index (χ1n) is 5.61. The van der Waals surface area contributed by atoms with Crippen LogP contribution >= 0.6 is 11.8 Å². The van der Waals surface area contributed by atoms with Crippen molar-refractivity contribution in [1.29, 1.82) is 0 Å². The van der Waals surface area contributed by atoms with Crippen molar-refractivity contribution in [1.82, 2.24) is 9.55 Å². The molecule has 3 nitrogen and oxygen atoms in total. The number of nitrogens with zero attached hydrogens (tertiary/aromatic N) is 2. The second-order valence-electron chi connectivity index (χ2n) is 3.67. The van der Waals surface area contributed by atoms with Crippen LogP contribution in [0.25, 0.3) is 0 Å². The van der Waals surface area contributed by atoms with E-state index in [2.05, 4.69) is 23.4 Å². The highest BCUT2D eigenvalue weighted by Crippen LogP contribution is 2.07. The lowest BCUT2D eigenvalue weighted by molar-refractivity contribution is 0.641. The van der Waals surface area contributed by atoms with Gasteiger partial charge >= 0.3 is 0 Å². The minimum Gasteiger partial charge on any atom is -0.335 e. The number of aryl methyl sites for hydroxylation is 1. The molecule has 4 heteroatoms. The Labute approximate surface area is 96.5 Å². The molecule has 0 aliphatic heterocycles. The Bertz CT molecular complexity index is 273. The van der Waals surface area contributed by atoms with Crippen molar-refractivity contribution in [2.75, 3.05) is 11.5 Å². The fraction of sp³-hybridized carbons (Fsp3) is 0.727. The molecule has 0 aliphatic rings. The van der Waals surface area contributed by atoms with Crippen molar-refractivity contribution in [3.8, 4) is 0 Å². The molecular formula is C11H21N3S. The first kappa shape index (κ1) is 12.6. The fourth-order valence-corrected chi connectivity index (χ4v) is 2.37. The number of imidazole rings is 1. The molecule has 1 rings (SSSR count). The lowest BCUT2D eigenvalue weighted by Gasteiger charge is -2.11. The summed E-state index contributed by atoms with van der Waals surface area (Å²) in [6.45, 7) is 5.30. The third-order valence-corrected chi connectivity index (χ3v) is 3.63. The van der Waals surface area contributed by atoms with Crippen LogP contribution in [0.5, 0.6) is 0 Å². The van der Waals surface area contributed by atoms with Crippen molar-refractivity contribution < 1.29 is 0 Å². The van der Waals surface area contributed by atoms with E-state index >= 15 is 0 Å². The number of thioether (sulfide) groups is 1. The Morgan fingerprint density at radius 3 is 3.00 bits per heavy atom. The van der Waals surface area contributed by atoms with Gasteiger partial charge in [0.15, 0.2) is 0 Å². The van der Waals surface area contributed by atoms with Gasteiger partial charge < -0.3 is 10.3 Å². The van der Waals surface area contributed by atoms with Gasteiger partial charge in [-0.3, -0.25) is 0 Å². The van der Waals surface area contributed by atoms with Gasteiger partial charge in [0.1, 0.15) is 5.82 Å². The Morgan fingerprint density at radius 1 is 1.53 bits per heavy atom. The number of aromatic nitrogens is 2. The van der Waals surface area contributed by atoms with Gasteiger partial charge in [0.05, 0.1) is 0 Å². The molecular weight excluding hydrogens is 206 g/mol.